The number of rotatable bonds is 6. The van der Waals surface area contributed by atoms with Gasteiger partial charge >= 0.3 is 0 Å². The van der Waals surface area contributed by atoms with Gasteiger partial charge in [-0.25, -0.2) is 0 Å². The molecule has 25 heavy (non-hydrogen) atoms. The number of ether oxygens (including phenoxy) is 2. The van der Waals surface area contributed by atoms with Crippen molar-refractivity contribution in [2.24, 2.45) is 0 Å². The molecule has 2 rings (SSSR count). The van der Waals surface area contributed by atoms with Crippen molar-refractivity contribution in [2.45, 2.75) is 6.92 Å². The van der Waals surface area contributed by atoms with Gasteiger partial charge in [-0.2, -0.15) is 0 Å². The Morgan fingerprint density at radius 1 is 1.12 bits per heavy atom. The van der Waals surface area contributed by atoms with Crippen molar-refractivity contribution in [2.75, 3.05) is 19.5 Å². The smallest absolute Gasteiger partial charge is 0.271 e. The number of carbonyl (C=O) groups excluding carboxylic acids is 1. The Kier molecular flexibility index (Phi) is 5.73. The Balaban J connectivity index is 2.21. The van der Waals surface area contributed by atoms with Crippen LogP contribution in [0.2, 0.25) is 0 Å². The van der Waals surface area contributed by atoms with Crippen LogP contribution in [0.4, 0.5) is 11.4 Å². The van der Waals surface area contributed by atoms with Gasteiger partial charge in [0.05, 0.1) is 24.8 Å². The number of amides is 1. The maximum Gasteiger partial charge on any atom is 0.271 e. The van der Waals surface area contributed by atoms with E-state index in [1.54, 1.807) is 13.2 Å². The summed E-state index contributed by atoms with van der Waals surface area (Å²) in [5, 5.41) is 13.5. The number of methoxy groups -OCH3 is 2. The molecule has 0 aliphatic rings. The molecule has 0 fully saturated rings. The zero-order chi connectivity index (χ0) is 18.4. The molecule has 1 N–H and O–H groups in total. The van der Waals surface area contributed by atoms with E-state index < -0.39 is 10.8 Å². The van der Waals surface area contributed by atoms with Crippen LogP contribution in [0.15, 0.2) is 42.5 Å². The monoisotopic (exact) mass is 342 g/mol. The Hall–Kier alpha value is -3.35. The van der Waals surface area contributed by atoms with Crippen LogP contribution in [0.25, 0.3) is 6.08 Å². The molecule has 7 nitrogen and oxygen atoms in total. The van der Waals surface area contributed by atoms with Crippen molar-refractivity contribution in [1.82, 2.24) is 0 Å². The first-order valence-electron chi connectivity index (χ1n) is 7.40. The molecule has 0 heterocycles. The van der Waals surface area contributed by atoms with Crippen molar-refractivity contribution in [1.29, 1.82) is 0 Å². The Morgan fingerprint density at radius 3 is 2.44 bits per heavy atom. The van der Waals surface area contributed by atoms with Gasteiger partial charge in [-0.05, 0) is 31.2 Å². The average molecular weight is 342 g/mol. The summed E-state index contributed by atoms with van der Waals surface area (Å²) in [5.41, 5.74) is 1.87. The van der Waals surface area contributed by atoms with Gasteiger partial charge < -0.3 is 14.8 Å². The summed E-state index contributed by atoms with van der Waals surface area (Å²) in [5.74, 6) is 0.533. The summed E-state index contributed by atoms with van der Waals surface area (Å²) in [6.07, 6.45) is 2.95. The molecule has 0 saturated heterocycles. The Morgan fingerprint density at radius 2 is 1.80 bits per heavy atom. The number of hydrogen-bond donors (Lipinski definition) is 1. The highest BCUT2D eigenvalue weighted by atomic mass is 16.6. The van der Waals surface area contributed by atoms with Gasteiger partial charge in [0.25, 0.3) is 5.69 Å². The molecular formula is C18H18N2O5. The quantitative estimate of drug-likeness (QED) is 0.492. The van der Waals surface area contributed by atoms with E-state index in [0.717, 1.165) is 11.1 Å². The molecule has 130 valence electrons. The summed E-state index contributed by atoms with van der Waals surface area (Å²) in [6.45, 7) is 1.94. The van der Waals surface area contributed by atoms with Crippen LogP contribution in [0.3, 0.4) is 0 Å². The molecule has 0 unspecified atom stereocenters. The van der Waals surface area contributed by atoms with Crippen molar-refractivity contribution >= 4 is 23.4 Å². The average Bonchev–Trinajstić information content (AvgIpc) is 2.60. The molecule has 2 aromatic rings. The lowest BCUT2D eigenvalue weighted by atomic mass is 10.1. The van der Waals surface area contributed by atoms with Gasteiger partial charge in [-0.1, -0.05) is 11.6 Å². The normalized spacial score (nSPS) is 10.5. The number of nitro groups is 1. The van der Waals surface area contributed by atoms with E-state index in [1.165, 1.54) is 31.4 Å². The van der Waals surface area contributed by atoms with Gasteiger partial charge in [-0.15, -0.1) is 0 Å². The van der Waals surface area contributed by atoms with Crippen LogP contribution in [0, 0.1) is 17.0 Å². The van der Waals surface area contributed by atoms with E-state index in [-0.39, 0.29) is 11.4 Å². The third kappa shape index (κ3) is 4.57. The molecule has 0 aliphatic heterocycles. The van der Waals surface area contributed by atoms with Crippen molar-refractivity contribution in [3.8, 4) is 11.5 Å². The van der Waals surface area contributed by atoms with Crippen LogP contribution < -0.4 is 14.8 Å². The minimum atomic E-state index is -0.539. The molecule has 1 amide bonds. The van der Waals surface area contributed by atoms with Gasteiger partial charge in [0, 0.05) is 23.8 Å². The third-order valence-electron chi connectivity index (χ3n) is 3.45. The zero-order valence-corrected chi connectivity index (χ0v) is 14.1. The summed E-state index contributed by atoms with van der Waals surface area (Å²) in [6, 6.07) is 9.60. The number of anilines is 1. The number of nitrogens with zero attached hydrogens (tertiary/aromatic N) is 1. The predicted octanol–water partition coefficient (Wildman–Crippen LogP) is 3.57. The van der Waals surface area contributed by atoms with Gasteiger partial charge in [0.1, 0.15) is 11.5 Å². The molecule has 0 spiro atoms. The summed E-state index contributed by atoms with van der Waals surface area (Å²) in [4.78, 5) is 22.5. The largest absolute Gasteiger partial charge is 0.496 e. The highest BCUT2D eigenvalue weighted by Crippen LogP contribution is 2.29. The summed E-state index contributed by atoms with van der Waals surface area (Å²) >= 11 is 0. The van der Waals surface area contributed by atoms with Crippen LogP contribution in [0.5, 0.6) is 11.5 Å². The summed E-state index contributed by atoms with van der Waals surface area (Å²) in [7, 11) is 2.97. The van der Waals surface area contributed by atoms with Crippen molar-refractivity contribution in [3.63, 3.8) is 0 Å². The van der Waals surface area contributed by atoms with Crippen LogP contribution >= 0.6 is 0 Å². The Labute approximate surface area is 145 Å². The fourth-order valence-electron chi connectivity index (χ4n) is 2.23. The molecule has 0 aromatic heterocycles. The highest BCUT2D eigenvalue weighted by Gasteiger charge is 2.12. The van der Waals surface area contributed by atoms with Crippen LogP contribution in [-0.2, 0) is 4.79 Å². The lowest BCUT2D eigenvalue weighted by Crippen LogP contribution is -2.09. The number of hydrogen-bond acceptors (Lipinski definition) is 5. The second kappa shape index (κ2) is 7.96. The molecule has 0 saturated carbocycles. The standard InChI is InChI=1S/C18H18N2O5/c1-12-4-7-16(24-2)13(10-12)5-9-18(21)19-15-11-14(20(22)23)6-8-17(15)25-3/h4-11H,1-3H3,(H,19,21)/b9-5+. The minimum Gasteiger partial charge on any atom is -0.496 e. The molecule has 7 heteroatoms. The zero-order valence-electron chi connectivity index (χ0n) is 14.1. The minimum absolute atomic E-state index is 0.138. The number of benzene rings is 2. The SMILES string of the molecule is COc1ccc(C)cc1/C=C/C(=O)Nc1cc([N+](=O)[O-])ccc1OC. The molecule has 0 aliphatic carbocycles. The highest BCUT2D eigenvalue weighted by molar-refractivity contribution is 6.03. The molecule has 0 bridgehead atoms. The van der Waals surface area contributed by atoms with Crippen LogP contribution in [0.1, 0.15) is 11.1 Å². The molecule has 2 aromatic carbocycles. The molecule has 0 radical (unpaired) electrons. The lowest BCUT2D eigenvalue weighted by molar-refractivity contribution is -0.384. The molecular weight excluding hydrogens is 324 g/mol. The fraction of sp³-hybridized carbons (Fsp3) is 0.167. The second-order valence-electron chi connectivity index (χ2n) is 5.21. The topological polar surface area (TPSA) is 90.7 Å². The maximum atomic E-state index is 12.2. The van der Waals surface area contributed by atoms with Crippen molar-refractivity contribution in [3.05, 3.63) is 63.7 Å². The van der Waals surface area contributed by atoms with Gasteiger partial charge in [0.2, 0.25) is 5.91 Å². The van der Waals surface area contributed by atoms with E-state index in [0.29, 0.717) is 11.5 Å². The summed E-state index contributed by atoms with van der Waals surface area (Å²) < 4.78 is 10.4. The van der Waals surface area contributed by atoms with Gasteiger partial charge in [0.15, 0.2) is 0 Å². The first-order valence-corrected chi connectivity index (χ1v) is 7.40. The number of non-ortho nitro benzene ring substituents is 1. The second-order valence-corrected chi connectivity index (χ2v) is 5.21. The number of nitrogens with one attached hydrogen (secondary N) is 1. The predicted molar refractivity (Wildman–Crippen MR) is 95.0 cm³/mol. The van der Waals surface area contributed by atoms with E-state index in [9.17, 15) is 14.9 Å². The first kappa shape index (κ1) is 18.0. The van der Waals surface area contributed by atoms with E-state index in [1.807, 2.05) is 25.1 Å². The van der Waals surface area contributed by atoms with Gasteiger partial charge in [-0.3, -0.25) is 14.9 Å². The number of nitro benzene ring substituents is 1. The Bertz CT molecular complexity index is 830. The maximum absolute atomic E-state index is 12.2. The first-order chi connectivity index (χ1) is 11.9. The van der Waals surface area contributed by atoms with Crippen LogP contribution in [-0.4, -0.2) is 25.1 Å². The van der Waals surface area contributed by atoms with Crippen molar-refractivity contribution < 1.29 is 19.2 Å². The number of carbonyl (C=O) groups is 1. The number of aryl methyl sites for hydroxylation is 1. The van der Waals surface area contributed by atoms with E-state index >= 15 is 0 Å². The van der Waals surface area contributed by atoms with E-state index in [2.05, 4.69) is 5.32 Å². The fourth-order valence-corrected chi connectivity index (χ4v) is 2.23. The lowest BCUT2D eigenvalue weighted by Gasteiger charge is -2.09. The molecule has 0 atom stereocenters. The third-order valence-corrected chi connectivity index (χ3v) is 3.45. The van der Waals surface area contributed by atoms with E-state index in [4.69, 9.17) is 9.47 Å².